The molecule has 0 atom stereocenters. The number of benzene rings is 2. The highest BCUT2D eigenvalue weighted by atomic mass is 32.2. The molecule has 1 amide bonds. The summed E-state index contributed by atoms with van der Waals surface area (Å²) in [6.07, 6.45) is 0.779. The molecule has 2 aromatic carbocycles. The summed E-state index contributed by atoms with van der Waals surface area (Å²) in [7, 11) is 1.61. The molecule has 0 spiro atoms. The molecular weight excluding hydrogens is 428 g/mol. The zero-order valence-corrected chi connectivity index (χ0v) is 19.6. The number of aromatic nitrogens is 1. The third kappa shape index (κ3) is 6.67. The van der Waals surface area contributed by atoms with Crippen molar-refractivity contribution in [1.29, 1.82) is 0 Å². The van der Waals surface area contributed by atoms with Crippen LogP contribution in [0.25, 0.3) is 11.3 Å². The zero-order chi connectivity index (χ0) is 22.2. The molecule has 162 valence electrons. The van der Waals surface area contributed by atoms with Gasteiger partial charge in [-0.3, -0.25) is 9.59 Å². The fourth-order valence-corrected chi connectivity index (χ4v) is 4.56. The Balaban J connectivity index is 1.42. The van der Waals surface area contributed by atoms with Crippen LogP contribution >= 0.6 is 23.1 Å². The lowest BCUT2D eigenvalue weighted by Crippen LogP contribution is -2.27. The van der Waals surface area contributed by atoms with Gasteiger partial charge in [0.15, 0.2) is 5.78 Å². The first kappa shape index (κ1) is 23.0. The van der Waals surface area contributed by atoms with E-state index in [1.54, 1.807) is 37.5 Å². The average Bonchev–Trinajstić information content (AvgIpc) is 3.20. The molecule has 0 aliphatic heterocycles. The summed E-state index contributed by atoms with van der Waals surface area (Å²) >= 11 is 3.15. The van der Waals surface area contributed by atoms with E-state index in [0.29, 0.717) is 23.6 Å². The molecule has 0 fully saturated rings. The zero-order valence-electron chi connectivity index (χ0n) is 17.9. The molecule has 0 saturated heterocycles. The number of hydrogen-bond acceptors (Lipinski definition) is 6. The van der Waals surface area contributed by atoms with E-state index in [-0.39, 0.29) is 11.7 Å². The second-order valence-corrected chi connectivity index (χ2v) is 9.17. The van der Waals surface area contributed by atoms with Crippen molar-refractivity contribution in [1.82, 2.24) is 10.3 Å². The number of carbonyl (C=O) groups is 2. The van der Waals surface area contributed by atoms with Gasteiger partial charge in [-0.15, -0.1) is 23.1 Å². The largest absolute Gasteiger partial charge is 0.496 e. The van der Waals surface area contributed by atoms with Gasteiger partial charge in [-0.05, 0) is 44.0 Å². The molecule has 5 nitrogen and oxygen atoms in total. The Morgan fingerprint density at radius 2 is 1.94 bits per heavy atom. The van der Waals surface area contributed by atoms with Crippen LogP contribution in [0.1, 0.15) is 33.4 Å². The minimum atomic E-state index is 0.00116. The molecule has 3 aromatic rings. The monoisotopic (exact) mass is 454 g/mol. The van der Waals surface area contributed by atoms with E-state index in [4.69, 9.17) is 4.74 Å². The maximum absolute atomic E-state index is 12.2. The van der Waals surface area contributed by atoms with Gasteiger partial charge in [0.25, 0.3) is 0 Å². The maximum Gasteiger partial charge on any atom is 0.230 e. The second-order valence-electron chi connectivity index (χ2n) is 7.12. The van der Waals surface area contributed by atoms with Crippen molar-refractivity contribution in [2.24, 2.45) is 0 Å². The average molecular weight is 455 g/mol. The molecule has 0 unspecified atom stereocenters. The van der Waals surface area contributed by atoms with Gasteiger partial charge in [0.1, 0.15) is 5.75 Å². The fourth-order valence-electron chi connectivity index (χ4n) is 3.10. The van der Waals surface area contributed by atoms with Crippen molar-refractivity contribution >= 4 is 34.8 Å². The molecular formula is C24H26N2O3S2. The van der Waals surface area contributed by atoms with Gasteiger partial charge < -0.3 is 10.1 Å². The standard InChI is InChI=1S/C24H26N2O3S2/c1-16(27)20-8-9-23(29-3)21(12-20)13-30-15-24(28)25-11-10-18-4-6-19(7-5-18)22-14-31-17(2)26-22/h4-9,12,14H,10-11,13,15H2,1-3H3,(H,25,28). The topological polar surface area (TPSA) is 68.3 Å². The van der Waals surface area contributed by atoms with E-state index in [1.807, 2.05) is 13.0 Å². The smallest absolute Gasteiger partial charge is 0.230 e. The first-order chi connectivity index (χ1) is 15.0. The predicted molar refractivity (Wildman–Crippen MR) is 128 cm³/mol. The Labute approximate surface area is 191 Å². The SMILES string of the molecule is COc1ccc(C(C)=O)cc1CSCC(=O)NCCc1ccc(-c2csc(C)n2)cc1. The number of aryl methyl sites for hydroxylation is 1. The Morgan fingerprint density at radius 1 is 1.16 bits per heavy atom. The molecule has 0 bridgehead atoms. The highest BCUT2D eigenvalue weighted by molar-refractivity contribution is 7.99. The molecule has 0 aliphatic carbocycles. The maximum atomic E-state index is 12.2. The van der Waals surface area contributed by atoms with Crippen molar-refractivity contribution in [3.05, 3.63) is 69.5 Å². The molecule has 0 radical (unpaired) electrons. The number of thiazole rings is 1. The predicted octanol–water partition coefficient (Wildman–Crippen LogP) is 4.92. The van der Waals surface area contributed by atoms with Crippen LogP contribution in [0.5, 0.6) is 5.75 Å². The van der Waals surface area contributed by atoms with Gasteiger partial charge in [0.05, 0.1) is 23.6 Å². The third-order valence-electron chi connectivity index (χ3n) is 4.78. The van der Waals surface area contributed by atoms with Crippen molar-refractivity contribution in [2.75, 3.05) is 19.4 Å². The van der Waals surface area contributed by atoms with E-state index in [0.717, 1.165) is 34.0 Å². The summed E-state index contributed by atoms with van der Waals surface area (Å²) in [4.78, 5) is 28.3. The number of Topliss-reactive ketones (excluding diaryl/α,β-unsaturated/α-hetero) is 1. The summed E-state index contributed by atoms with van der Waals surface area (Å²) in [6.45, 7) is 4.14. The number of carbonyl (C=O) groups excluding carboxylic acids is 2. The molecule has 3 rings (SSSR count). The van der Waals surface area contributed by atoms with Gasteiger partial charge >= 0.3 is 0 Å². The van der Waals surface area contributed by atoms with E-state index in [2.05, 4.69) is 39.9 Å². The van der Waals surface area contributed by atoms with E-state index in [1.165, 1.54) is 17.3 Å². The highest BCUT2D eigenvalue weighted by Gasteiger charge is 2.09. The van der Waals surface area contributed by atoms with Crippen LogP contribution in [-0.4, -0.2) is 36.1 Å². The Kier molecular flexibility index (Phi) is 8.26. The number of ketones is 1. The molecule has 7 heteroatoms. The summed E-state index contributed by atoms with van der Waals surface area (Å²) in [5.74, 6) is 1.71. The molecule has 1 aromatic heterocycles. The number of hydrogen-bond donors (Lipinski definition) is 1. The van der Waals surface area contributed by atoms with Crippen LogP contribution < -0.4 is 10.1 Å². The van der Waals surface area contributed by atoms with Crippen LogP contribution in [0.3, 0.4) is 0 Å². The van der Waals surface area contributed by atoms with E-state index < -0.39 is 0 Å². The molecule has 1 N–H and O–H groups in total. The molecule has 1 heterocycles. The first-order valence-electron chi connectivity index (χ1n) is 10.00. The van der Waals surface area contributed by atoms with Gasteiger partial charge in [0, 0.05) is 34.4 Å². The third-order valence-corrected chi connectivity index (χ3v) is 6.54. The summed E-state index contributed by atoms with van der Waals surface area (Å²) in [6, 6.07) is 13.7. The summed E-state index contributed by atoms with van der Waals surface area (Å²) < 4.78 is 5.36. The second kappa shape index (κ2) is 11.1. The number of nitrogens with zero attached hydrogens (tertiary/aromatic N) is 1. The minimum Gasteiger partial charge on any atom is -0.496 e. The molecule has 0 saturated carbocycles. The lowest BCUT2D eigenvalue weighted by atomic mass is 10.1. The lowest BCUT2D eigenvalue weighted by Gasteiger charge is -2.10. The number of methoxy groups -OCH3 is 1. The van der Waals surface area contributed by atoms with Crippen LogP contribution in [0.15, 0.2) is 47.8 Å². The number of amides is 1. The van der Waals surface area contributed by atoms with Crippen molar-refractivity contribution in [3.8, 4) is 17.0 Å². The van der Waals surface area contributed by atoms with Gasteiger partial charge in [-0.2, -0.15) is 0 Å². The van der Waals surface area contributed by atoms with Crippen LogP contribution in [-0.2, 0) is 17.0 Å². The van der Waals surface area contributed by atoms with Crippen LogP contribution in [0.2, 0.25) is 0 Å². The van der Waals surface area contributed by atoms with Crippen LogP contribution in [0, 0.1) is 6.92 Å². The first-order valence-corrected chi connectivity index (χ1v) is 12.0. The normalized spacial score (nSPS) is 10.7. The van der Waals surface area contributed by atoms with Crippen molar-refractivity contribution in [2.45, 2.75) is 26.0 Å². The van der Waals surface area contributed by atoms with Crippen molar-refractivity contribution < 1.29 is 14.3 Å². The number of rotatable bonds is 10. The Hall–Kier alpha value is -2.64. The van der Waals surface area contributed by atoms with E-state index in [9.17, 15) is 9.59 Å². The number of thioether (sulfide) groups is 1. The van der Waals surface area contributed by atoms with Gasteiger partial charge in [-0.25, -0.2) is 4.98 Å². The van der Waals surface area contributed by atoms with Crippen molar-refractivity contribution in [3.63, 3.8) is 0 Å². The Bertz CT molecular complexity index is 1050. The Morgan fingerprint density at radius 3 is 2.58 bits per heavy atom. The molecule has 31 heavy (non-hydrogen) atoms. The lowest BCUT2D eigenvalue weighted by molar-refractivity contribution is -0.118. The quantitative estimate of drug-likeness (QED) is 0.440. The van der Waals surface area contributed by atoms with Gasteiger partial charge in [-0.1, -0.05) is 24.3 Å². The van der Waals surface area contributed by atoms with E-state index >= 15 is 0 Å². The van der Waals surface area contributed by atoms with Crippen LogP contribution in [0.4, 0.5) is 0 Å². The highest BCUT2D eigenvalue weighted by Crippen LogP contribution is 2.25. The summed E-state index contributed by atoms with van der Waals surface area (Å²) in [5.41, 5.74) is 4.86. The summed E-state index contributed by atoms with van der Waals surface area (Å²) in [5, 5.41) is 6.09. The number of ether oxygens (including phenoxy) is 1. The number of nitrogens with one attached hydrogen (secondary N) is 1. The fraction of sp³-hybridized carbons (Fsp3) is 0.292. The van der Waals surface area contributed by atoms with Gasteiger partial charge in [0.2, 0.25) is 5.91 Å². The molecule has 0 aliphatic rings. The minimum absolute atomic E-state index is 0.00116.